The zero-order chi connectivity index (χ0) is 25.5. The van der Waals surface area contributed by atoms with E-state index in [1.165, 1.54) is 18.3 Å². The number of H-pyrrole nitrogens is 1. The van der Waals surface area contributed by atoms with Crippen molar-refractivity contribution in [1.29, 1.82) is 5.26 Å². The van der Waals surface area contributed by atoms with Crippen molar-refractivity contribution in [3.63, 3.8) is 0 Å². The molecule has 4 aromatic rings. The molecule has 0 bridgehead atoms. The van der Waals surface area contributed by atoms with Crippen molar-refractivity contribution < 1.29 is 35.2 Å². The molecule has 0 unspecified atom stereocenters. The molecule has 35 heavy (non-hydrogen) atoms. The summed E-state index contributed by atoms with van der Waals surface area (Å²) in [5, 5.41) is 9.40. The molecule has 4 rings (SSSR count). The van der Waals surface area contributed by atoms with Crippen LogP contribution in [0.25, 0.3) is 11.0 Å². The number of hydrogen-bond donors (Lipinski definition) is 2. The van der Waals surface area contributed by atoms with Crippen molar-refractivity contribution in [2.75, 3.05) is 4.72 Å². The van der Waals surface area contributed by atoms with Crippen molar-refractivity contribution in [2.45, 2.75) is 11.1 Å². The molecule has 0 fully saturated rings. The van der Waals surface area contributed by atoms with E-state index in [0.29, 0.717) is 30.3 Å². The number of ketones is 1. The Morgan fingerprint density at radius 1 is 1.06 bits per heavy atom. The highest BCUT2D eigenvalue weighted by Gasteiger charge is 2.31. The first kappa shape index (κ1) is 23.8. The fourth-order valence-electron chi connectivity index (χ4n) is 3.25. The number of nitriles is 1. The smallest absolute Gasteiger partial charge is 0.336 e. The molecule has 0 saturated heterocycles. The molecule has 0 saturated carbocycles. The standard InChI is InChI=1S/C22H11F5N4O3S/c23-15-5-6-16(31-35(33,34)13-3-1-12(2-4-13)22(25,26)27)19(24)18(15)20(32)17-9-14-11(10-28)7-8-29-21(14)30-17/h1-9,31H,(H,29,30). The van der Waals surface area contributed by atoms with Gasteiger partial charge in [0.05, 0.1) is 39.0 Å². The highest BCUT2D eigenvalue weighted by Crippen LogP contribution is 2.31. The molecule has 0 spiro atoms. The van der Waals surface area contributed by atoms with E-state index in [2.05, 4.69) is 9.97 Å². The summed E-state index contributed by atoms with van der Waals surface area (Å²) in [4.78, 5) is 18.8. The number of nitrogens with zero attached hydrogens (tertiary/aromatic N) is 2. The second kappa shape index (κ2) is 8.48. The van der Waals surface area contributed by atoms with Gasteiger partial charge in [-0.05, 0) is 48.5 Å². The van der Waals surface area contributed by atoms with Crippen LogP contribution >= 0.6 is 0 Å². The SMILES string of the molecule is N#Cc1ccnc2[nH]c(C(=O)c3c(F)ccc(NS(=O)(=O)c4ccc(C(F)(F)F)cc4)c3F)cc12. The van der Waals surface area contributed by atoms with Crippen molar-refractivity contribution >= 4 is 32.5 Å². The van der Waals surface area contributed by atoms with Crippen LogP contribution in [0.5, 0.6) is 0 Å². The normalized spacial score (nSPS) is 11.9. The van der Waals surface area contributed by atoms with Crippen LogP contribution in [0.1, 0.15) is 27.2 Å². The number of anilines is 1. The molecule has 0 aliphatic carbocycles. The van der Waals surface area contributed by atoms with Crippen molar-refractivity contribution in [3.8, 4) is 6.07 Å². The maximum absolute atomic E-state index is 15.1. The fourth-order valence-corrected chi connectivity index (χ4v) is 4.31. The number of carbonyl (C=O) groups is 1. The second-order valence-electron chi connectivity index (χ2n) is 7.16. The number of hydrogen-bond acceptors (Lipinski definition) is 5. The van der Waals surface area contributed by atoms with Crippen LogP contribution in [0.15, 0.2) is 59.6 Å². The average molecular weight is 506 g/mol. The van der Waals surface area contributed by atoms with Gasteiger partial charge in [0.25, 0.3) is 10.0 Å². The predicted molar refractivity (Wildman–Crippen MR) is 113 cm³/mol. The first-order valence-electron chi connectivity index (χ1n) is 9.53. The summed E-state index contributed by atoms with van der Waals surface area (Å²) in [7, 11) is -4.59. The highest BCUT2D eigenvalue weighted by molar-refractivity contribution is 7.92. The van der Waals surface area contributed by atoms with E-state index in [-0.39, 0.29) is 22.3 Å². The minimum Gasteiger partial charge on any atom is -0.336 e. The van der Waals surface area contributed by atoms with E-state index in [1.54, 1.807) is 0 Å². The van der Waals surface area contributed by atoms with E-state index >= 15 is 4.39 Å². The Labute approximate surface area is 193 Å². The summed E-state index contributed by atoms with van der Waals surface area (Å²) >= 11 is 0. The number of sulfonamides is 1. The summed E-state index contributed by atoms with van der Waals surface area (Å²) in [6.07, 6.45) is -3.40. The highest BCUT2D eigenvalue weighted by atomic mass is 32.2. The van der Waals surface area contributed by atoms with Gasteiger partial charge in [-0.25, -0.2) is 22.2 Å². The van der Waals surface area contributed by atoms with Gasteiger partial charge in [0.15, 0.2) is 5.82 Å². The van der Waals surface area contributed by atoms with E-state index in [1.807, 2.05) is 10.8 Å². The molecule has 178 valence electrons. The minimum absolute atomic E-state index is 0.118. The van der Waals surface area contributed by atoms with Gasteiger partial charge in [0.1, 0.15) is 11.5 Å². The summed E-state index contributed by atoms with van der Waals surface area (Å²) in [5.74, 6) is -4.02. The molecule has 0 aliphatic heterocycles. The Kier molecular flexibility index (Phi) is 5.77. The Hall–Kier alpha value is -4.31. The maximum atomic E-state index is 15.1. The predicted octanol–water partition coefficient (Wildman–Crippen LogP) is 4.76. The molecule has 0 aliphatic rings. The van der Waals surface area contributed by atoms with Gasteiger partial charge in [-0.3, -0.25) is 9.52 Å². The number of nitrogens with one attached hydrogen (secondary N) is 2. The first-order valence-corrected chi connectivity index (χ1v) is 11.0. The van der Waals surface area contributed by atoms with Gasteiger partial charge >= 0.3 is 6.18 Å². The molecule has 0 radical (unpaired) electrons. The Balaban J connectivity index is 1.70. The number of carbonyl (C=O) groups excluding carboxylic acids is 1. The van der Waals surface area contributed by atoms with Crippen LogP contribution in [-0.2, 0) is 16.2 Å². The van der Waals surface area contributed by atoms with E-state index in [4.69, 9.17) is 5.26 Å². The molecule has 7 nitrogen and oxygen atoms in total. The largest absolute Gasteiger partial charge is 0.416 e. The summed E-state index contributed by atoms with van der Waals surface area (Å²) in [5.41, 5.74) is -3.03. The lowest BCUT2D eigenvalue weighted by Gasteiger charge is -2.12. The number of aromatic amines is 1. The number of rotatable bonds is 5. The quantitative estimate of drug-likeness (QED) is 0.299. The van der Waals surface area contributed by atoms with Gasteiger partial charge in [-0.2, -0.15) is 18.4 Å². The molecule has 2 heterocycles. The molecule has 13 heteroatoms. The number of pyridine rings is 1. The molecule has 2 aromatic heterocycles. The van der Waals surface area contributed by atoms with E-state index in [9.17, 15) is 30.8 Å². The number of fused-ring (bicyclic) bond motifs is 1. The minimum atomic E-state index is -4.69. The van der Waals surface area contributed by atoms with Crippen LogP contribution in [0, 0.1) is 23.0 Å². The molecule has 2 aromatic carbocycles. The van der Waals surface area contributed by atoms with Gasteiger partial charge in [-0.15, -0.1) is 0 Å². The lowest BCUT2D eigenvalue weighted by Crippen LogP contribution is -2.17. The van der Waals surface area contributed by atoms with Crippen LogP contribution in [0.2, 0.25) is 0 Å². The zero-order valence-electron chi connectivity index (χ0n) is 17.1. The molecule has 2 N–H and O–H groups in total. The number of aromatic nitrogens is 2. The fraction of sp³-hybridized carbons (Fsp3) is 0.0455. The van der Waals surface area contributed by atoms with Gasteiger partial charge in [0.2, 0.25) is 5.78 Å². The van der Waals surface area contributed by atoms with E-state index in [0.717, 1.165) is 6.07 Å². The number of benzene rings is 2. The van der Waals surface area contributed by atoms with Gasteiger partial charge in [0, 0.05) is 11.6 Å². The van der Waals surface area contributed by atoms with Crippen molar-refractivity contribution in [3.05, 3.63) is 88.7 Å². The zero-order valence-corrected chi connectivity index (χ0v) is 17.9. The van der Waals surface area contributed by atoms with Crippen molar-refractivity contribution in [2.24, 2.45) is 0 Å². The Morgan fingerprint density at radius 2 is 1.74 bits per heavy atom. The van der Waals surface area contributed by atoms with Crippen LogP contribution < -0.4 is 4.72 Å². The third kappa shape index (κ3) is 4.43. The summed E-state index contributed by atoms with van der Waals surface area (Å²) in [6.45, 7) is 0. The van der Waals surface area contributed by atoms with Crippen LogP contribution in [0.3, 0.4) is 0 Å². The molecule has 0 amide bonds. The van der Waals surface area contributed by atoms with Crippen LogP contribution in [0.4, 0.5) is 27.6 Å². The molecular formula is C22H11F5N4O3S. The Bertz CT molecular complexity index is 1620. The first-order chi connectivity index (χ1) is 16.4. The topological polar surface area (TPSA) is 116 Å². The van der Waals surface area contributed by atoms with E-state index < -0.39 is 55.3 Å². The number of halogens is 5. The monoisotopic (exact) mass is 506 g/mol. The average Bonchev–Trinajstić information content (AvgIpc) is 3.25. The van der Waals surface area contributed by atoms with Gasteiger partial charge < -0.3 is 4.98 Å². The second-order valence-corrected chi connectivity index (χ2v) is 8.84. The van der Waals surface area contributed by atoms with Gasteiger partial charge in [-0.1, -0.05) is 0 Å². The molecular weight excluding hydrogens is 495 g/mol. The third-order valence-corrected chi connectivity index (χ3v) is 6.33. The van der Waals surface area contributed by atoms with Crippen molar-refractivity contribution in [1.82, 2.24) is 9.97 Å². The molecule has 0 atom stereocenters. The summed E-state index contributed by atoms with van der Waals surface area (Å²) in [6, 6.07) is 8.23. The lowest BCUT2D eigenvalue weighted by atomic mass is 10.1. The third-order valence-electron chi connectivity index (χ3n) is 4.95. The number of alkyl halides is 3. The maximum Gasteiger partial charge on any atom is 0.416 e. The summed E-state index contributed by atoms with van der Waals surface area (Å²) < 4.78 is 94.7. The Morgan fingerprint density at radius 3 is 2.37 bits per heavy atom. The van der Waals surface area contributed by atoms with Crippen LogP contribution in [-0.4, -0.2) is 24.2 Å². The lowest BCUT2D eigenvalue weighted by molar-refractivity contribution is -0.137.